The number of imidazole rings is 1. The van der Waals surface area contributed by atoms with Gasteiger partial charge in [0, 0.05) is 50.7 Å². The second kappa shape index (κ2) is 9.48. The maximum atomic E-state index is 10.2. The first-order valence-electron chi connectivity index (χ1n) is 11.4. The van der Waals surface area contributed by atoms with E-state index in [0.717, 1.165) is 50.7 Å². The van der Waals surface area contributed by atoms with Crippen LogP contribution in [0.5, 0.6) is 5.75 Å². The summed E-state index contributed by atoms with van der Waals surface area (Å²) >= 11 is 0. The van der Waals surface area contributed by atoms with Gasteiger partial charge in [-0.05, 0) is 73.0 Å². The van der Waals surface area contributed by atoms with Crippen molar-refractivity contribution < 1.29 is 5.11 Å². The van der Waals surface area contributed by atoms with Crippen LogP contribution >= 0.6 is 0 Å². The Morgan fingerprint density at radius 3 is 1.79 bits per heavy atom. The van der Waals surface area contributed by atoms with Gasteiger partial charge in [-0.25, -0.2) is 4.98 Å². The van der Waals surface area contributed by atoms with Crippen molar-refractivity contribution in [1.29, 1.82) is 0 Å². The highest BCUT2D eigenvalue weighted by atomic mass is 16.3. The van der Waals surface area contributed by atoms with Gasteiger partial charge in [0.05, 0.1) is 11.4 Å². The molecule has 5 nitrogen and oxygen atoms in total. The lowest BCUT2D eigenvalue weighted by Gasteiger charge is -2.12. The van der Waals surface area contributed by atoms with E-state index in [2.05, 4.69) is 75.5 Å². The molecular weight excluding hydrogens is 420 g/mol. The van der Waals surface area contributed by atoms with E-state index in [4.69, 9.17) is 4.98 Å². The van der Waals surface area contributed by atoms with Crippen molar-refractivity contribution >= 4 is 23.5 Å². The molecule has 0 spiro atoms. The largest absolute Gasteiger partial charge is 0.507 e. The fourth-order valence-electron chi connectivity index (χ4n) is 3.94. The van der Waals surface area contributed by atoms with E-state index in [0.29, 0.717) is 5.75 Å². The van der Waals surface area contributed by atoms with Crippen molar-refractivity contribution in [3.05, 3.63) is 83.0 Å². The van der Waals surface area contributed by atoms with E-state index in [1.807, 2.05) is 54.2 Å². The number of phenols is 1. The summed E-state index contributed by atoms with van der Waals surface area (Å²) in [5.41, 5.74) is 8.94. The molecule has 0 aliphatic rings. The fourth-order valence-corrected chi connectivity index (χ4v) is 3.94. The van der Waals surface area contributed by atoms with Gasteiger partial charge in [0.1, 0.15) is 11.6 Å². The average Bonchev–Trinajstić information content (AvgIpc) is 3.25. The van der Waals surface area contributed by atoms with Crippen LogP contribution in [0.2, 0.25) is 0 Å². The first kappa shape index (κ1) is 23.2. The van der Waals surface area contributed by atoms with Crippen LogP contribution in [0.25, 0.3) is 34.8 Å². The predicted molar refractivity (Wildman–Crippen MR) is 145 cm³/mol. The highest BCUT2D eigenvalue weighted by Crippen LogP contribution is 2.32. The van der Waals surface area contributed by atoms with Gasteiger partial charge in [0.2, 0.25) is 0 Å². The molecule has 34 heavy (non-hydrogen) atoms. The number of rotatable bonds is 6. The summed E-state index contributed by atoms with van der Waals surface area (Å²) in [7, 11) is 8.15. The van der Waals surface area contributed by atoms with Gasteiger partial charge < -0.3 is 19.9 Å². The van der Waals surface area contributed by atoms with E-state index >= 15 is 0 Å². The number of hydrogen-bond donors (Lipinski definition) is 2. The molecule has 2 N–H and O–H groups in total. The van der Waals surface area contributed by atoms with Crippen LogP contribution in [0, 0.1) is 13.8 Å². The van der Waals surface area contributed by atoms with Crippen molar-refractivity contribution in [2.75, 3.05) is 38.0 Å². The van der Waals surface area contributed by atoms with E-state index in [9.17, 15) is 5.11 Å². The number of aromatic hydroxyl groups is 1. The maximum Gasteiger partial charge on any atom is 0.138 e. The Labute approximate surface area is 202 Å². The first-order valence-corrected chi connectivity index (χ1v) is 11.4. The number of phenolic OH excluding ortho intramolecular Hbond substituents is 1. The van der Waals surface area contributed by atoms with E-state index in [-0.39, 0.29) is 0 Å². The van der Waals surface area contributed by atoms with Crippen molar-refractivity contribution in [2.24, 2.45) is 0 Å². The zero-order chi connectivity index (χ0) is 24.4. The van der Waals surface area contributed by atoms with Crippen molar-refractivity contribution in [2.45, 2.75) is 13.8 Å². The van der Waals surface area contributed by atoms with Gasteiger partial charge in [-0.2, -0.15) is 0 Å². The molecule has 0 saturated heterocycles. The van der Waals surface area contributed by atoms with Crippen molar-refractivity contribution in [3.8, 4) is 28.4 Å². The summed E-state index contributed by atoms with van der Waals surface area (Å²) < 4.78 is 0. The lowest BCUT2D eigenvalue weighted by Crippen LogP contribution is -2.07. The third-order valence-electron chi connectivity index (χ3n) is 6.01. The molecule has 174 valence electrons. The zero-order valence-electron chi connectivity index (χ0n) is 20.7. The maximum absolute atomic E-state index is 10.2. The Hall–Kier alpha value is -3.99. The minimum atomic E-state index is 0.330. The number of nitrogens with one attached hydrogen (secondary N) is 1. The molecule has 0 amide bonds. The molecule has 0 radical (unpaired) electrons. The number of aromatic amines is 1. The molecule has 0 atom stereocenters. The van der Waals surface area contributed by atoms with Crippen LogP contribution in [-0.4, -0.2) is 43.3 Å². The van der Waals surface area contributed by atoms with Crippen LogP contribution in [0.4, 0.5) is 11.4 Å². The summed E-state index contributed by atoms with van der Waals surface area (Å²) in [6, 6.07) is 20.8. The number of hydrogen-bond acceptors (Lipinski definition) is 4. The minimum absolute atomic E-state index is 0.330. The van der Waals surface area contributed by atoms with Gasteiger partial charge in [-0.15, -0.1) is 0 Å². The molecular formula is C29H32N4O. The third kappa shape index (κ3) is 4.84. The van der Waals surface area contributed by atoms with E-state index < -0.39 is 0 Å². The normalized spacial score (nSPS) is 11.2. The van der Waals surface area contributed by atoms with Gasteiger partial charge in [0.15, 0.2) is 0 Å². The second-order valence-corrected chi connectivity index (χ2v) is 9.06. The monoisotopic (exact) mass is 452 g/mol. The quantitative estimate of drug-likeness (QED) is 0.357. The van der Waals surface area contributed by atoms with Gasteiger partial charge in [0.25, 0.3) is 0 Å². The average molecular weight is 453 g/mol. The number of H-pyrrole nitrogens is 1. The lowest BCUT2D eigenvalue weighted by molar-refractivity contribution is 0.467. The molecule has 0 bridgehead atoms. The summed E-state index contributed by atoms with van der Waals surface area (Å²) in [6.07, 6.45) is 4.14. The predicted octanol–water partition coefficient (Wildman–Crippen LogP) is 6.37. The molecule has 1 aromatic heterocycles. The molecule has 0 unspecified atom stereocenters. The number of anilines is 2. The highest BCUT2D eigenvalue weighted by molar-refractivity contribution is 5.80. The molecule has 0 aliphatic heterocycles. The minimum Gasteiger partial charge on any atom is -0.507 e. The summed E-state index contributed by atoms with van der Waals surface area (Å²) in [5, 5.41) is 10.2. The molecule has 3 aromatic carbocycles. The Bertz CT molecular complexity index is 1290. The van der Waals surface area contributed by atoms with Crippen LogP contribution in [0.3, 0.4) is 0 Å². The van der Waals surface area contributed by atoms with Crippen molar-refractivity contribution in [3.63, 3.8) is 0 Å². The third-order valence-corrected chi connectivity index (χ3v) is 6.01. The standard InChI is InChI=1S/C29H32N4O/c1-19-17-23(18-20(2)28(19)34)29-30-26(16-9-21-7-12-24(13-8-21)32(3)4)27(31-29)22-10-14-25(15-11-22)33(5)6/h7-18,34H,1-6H3,(H,30,31)/b16-9+. The van der Waals surface area contributed by atoms with Gasteiger partial charge in [-0.3, -0.25) is 0 Å². The Balaban J connectivity index is 1.77. The van der Waals surface area contributed by atoms with Gasteiger partial charge >= 0.3 is 0 Å². The summed E-state index contributed by atoms with van der Waals surface area (Å²) in [6.45, 7) is 3.82. The second-order valence-electron chi connectivity index (χ2n) is 9.06. The molecule has 0 saturated carbocycles. The topological polar surface area (TPSA) is 55.4 Å². The zero-order valence-corrected chi connectivity index (χ0v) is 20.7. The Kier molecular flexibility index (Phi) is 6.46. The molecule has 0 fully saturated rings. The molecule has 0 aliphatic carbocycles. The highest BCUT2D eigenvalue weighted by Gasteiger charge is 2.14. The Morgan fingerprint density at radius 2 is 1.26 bits per heavy atom. The number of aromatic nitrogens is 2. The molecule has 1 heterocycles. The van der Waals surface area contributed by atoms with Crippen LogP contribution in [-0.2, 0) is 0 Å². The number of benzene rings is 3. The summed E-state index contributed by atoms with van der Waals surface area (Å²) in [5.74, 6) is 1.11. The number of aryl methyl sites for hydroxylation is 2. The van der Waals surface area contributed by atoms with Crippen LogP contribution in [0.1, 0.15) is 22.4 Å². The first-order chi connectivity index (χ1) is 16.2. The number of nitrogens with zero attached hydrogens (tertiary/aromatic N) is 3. The van der Waals surface area contributed by atoms with Crippen LogP contribution < -0.4 is 9.80 Å². The van der Waals surface area contributed by atoms with E-state index in [1.54, 1.807) is 0 Å². The van der Waals surface area contributed by atoms with Crippen molar-refractivity contribution in [1.82, 2.24) is 9.97 Å². The fraction of sp³-hybridized carbons (Fsp3) is 0.207. The Morgan fingerprint density at radius 1 is 0.735 bits per heavy atom. The SMILES string of the molecule is Cc1cc(-c2nc(/C=C/c3ccc(N(C)C)cc3)c(-c3ccc(N(C)C)cc3)[nH]2)cc(C)c1O. The molecule has 4 aromatic rings. The molecule has 5 heteroatoms. The summed E-state index contributed by atoms with van der Waals surface area (Å²) in [4.78, 5) is 12.7. The smallest absolute Gasteiger partial charge is 0.138 e. The molecule has 4 rings (SSSR count). The van der Waals surface area contributed by atoms with Crippen LogP contribution in [0.15, 0.2) is 60.7 Å². The van der Waals surface area contributed by atoms with E-state index in [1.165, 1.54) is 5.69 Å². The lowest BCUT2D eigenvalue weighted by atomic mass is 10.1. The van der Waals surface area contributed by atoms with Gasteiger partial charge in [-0.1, -0.05) is 30.3 Å².